The number of hydrazine groups is 1. The van der Waals surface area contributed by atoms with Crippen molar-refractivity contribution >= 4 is 29.1 Å². The molecule has 0 aliphatic rings. The minimum absolute atomic E-state index is 0.135. The Morgan fingerprint density at radius 2 is 1.56 bits per heavy atom. The van der Waals surface area contributed by atoms with Crippen LogP contribution in [0, 0.1) is 5.82 Å². The van der Waals surface area contributed by atoms with Crippen LogP contribution in [0.1, 0.15) is 93.6 Å². The molecule has 1 unspecified atom stereocenters. The fourth-order valence-corrected chi connectivity index (χ4v) is 8.14. The lowest BCUT2D eigenvalue weighted by Gasteiger charge is -2.37. The zero-order chi connectivity index (χ0) is 46.5. The molecular weight excluding hydrogens is 834 g/mol. The first-order chi connectivity index (χ1) is 32.2. The van der Waals surface area contributed by atoms with Crippen LogP contribution in [-0.2, 0) is 40.4 Å². The van der Waals surface area contributed by atoms with E-state index in [9.17, 15) is 18.8 Å². The summed E-state index contributed by atoms with van der Waals surface area (Å²) in [6.07, 6.45) is 12.6. The molecule has 1 amide bonds. The Balaban J connectivity index is 1.16. The highest BCUT2D eigenvalue weighted by molar-refractivity contribution is 5.83. The Morgan fingerprint density at radius 1 is 0.833 bits per heavy atom. The summed E-state index contributed by atoms with van der Waals surface area (Å²) in [7, 11) is 1.93. The molecule has 0 fully saturated rings. The van der Waals surface area contributed by atoms with E-state index in [1.165, 1.54) is 55.6 Å². The van der Waals surface area contributed by atoms with Crippen molar-refractivity contribution in [2.75, 3.05) is 20.1 Å². The van der Waals surface area contributed by atoms with Crippen LogP contribution in [0.15, 0.2) is 126 Å². The number of pyridine rings is 1. The van der Waals surface area contributed by atoms with Gasteiger partial charge in [-0.2, -0.15) is 0 Å². The second-order valence-electron chi connectivity index (χ2n) is 17.0. The van der Waals surface area contributed by atoms with Crippen LogP contribution in [0.25, 0.3) is 22.2 Å². The van der Waals surface area contributed by atoms with Gasteiger partial charge in [0.25, 0.3) is 0 Å². The summed E-state index contributed by atoms with van der Waals surface area (Å²) in [6.45, 7) is 3.35. The number of nitrogens with one attached hydrogen (secondary N) is 1. The Morgan fingerprint density at radius 3 is 2.29 bits per heavy atom. The average Bonchev–Trinajstić information content (AvgIpc) is 3.79. The number of fused-ring (bicyclic) bond motifs is 1. The van der Waals surface area contributed by atoms with Gasteiger partial charge in [0.2, 0.25) is 5.91 Å². The second kappa shape index (κ2) is 26.1. The third kappa shape index (κ3) is 15.5. The van der Waals surface area contributed by atoms with Gasteiger partial charge in [-0.1, -0.05) is 124 Å². The molecule has 0 bridgehead atoms. The van der Waals surface area contributed by atoms with Crippen LogP contribution in [0.3, 0.4) is 0 Å². The quantitative estimate of drug-likeness (QED) is 0.0121. The van der Waals surface area contributed by atoms with E-state index in [0.717, 1.165) is 53.1 Å². The molecule has 12 nitrogen and oxygen atoms in total. The maximum absolute atomic E-state index is 14.8. The molecule has 0 radical (unpaired) electrons. The fourth-order valence-electron chi connectivity index (χ4n) is 8.14. The lowest BCUT2D eigenvalue weighted by Crippen LogP contribution is -2.59. The van der Waals surface area contributed by atoms with Crippen molar-refractivity contribution < 1.29 is 28.0 Å². The highest BCUT2D eigenvalue weighted by Crippen LogP contribution is 2.23. The summed E-state index contributed by atoms with van der Waals surface area (Å²) in [5.41, 5.74) is 15.3. The lowest BCUT2D eigenvalue weighted by atomic mass is 10.0. The molecule has 2 aromatic heterocycles. The molecule has 6 aromatic rings. The summed E-state index contributed by atoms with van der Waals surface area (Å²) in [4.78, 5) is 48.6. The van der Waals surface area contributed by atoms with Crippen molar-refractivity contribution in [2.24, 2.45) is 5.73 Å². The third-order valence-electron chi connectivity index (χ3n) is 11.6. The molecule has 66 heavy (non-hydrogen) atoms. The van der Waals surface area contributed by atoms with Crippen LogP contribution in [0.2, 0.25) is 0 Å². The maximum atomic E-state index is 14.8. The zero-order valence-electron chi connectivity index (χ0n) is 38.3. The lowest BCUT2D eigenvalue weighted by molar-refractivity contribution is -0.141. The van der Waals surface area contributed by atoms with Crippen molar-refractivity contribution in [1.29, 1.82) is 0 Å². The van der Waals surface area contributed by atoms with Gasteiger partial charge in [-0.3, -0.25) is 19.5 Å². The third-order valence-corrected chi connectivity index (χ3v) is 11.6. The average molecular weight is 898 g/mol. The van der Waals surface area contributed by atoms with Gasteiger partial charge in [0.1, 0.15) is 23.5 Å². The number of hydrogen-bond donors (Lipinski definition) is 2. The molecule has 6 rings (SSSR count). The van der Waals surface area contributed by atoms with Crippen molar-refractivity contribution in [1.82, 2.24) is 30.4 Å². The topological polar surface area (TPSA) is 147 Å². The molecular formula is C53H64FN7O5. The number of esters is 1. The SMILES string of the molecule is CCCCCCCCCCCC(=O)Oc1ccc(C[C@@H](C=O)N(C(=O)CN(Cc2cc(-c3ccc(F)cc3)no2)NCc2ccccc2)C(N)CN(C)Cc2cccc3ncccc23)cc1. The number of unbranched alkanes of at least 4 members (excludes halogenated alkanes) is 8. The monoisotopic (exact) mass is 897 g/mol. The number of nitrogens with two attached hydrogens (primary N) is 1. The molecule has 2 atom stereocenters. The summed E-state index contributed by atoms with van der Waals surface area (Å²) in [6, 6.07) is 33.5. The molecule has 4 aromatic carbocycles. The van der Waals surface area contributed by atoms with Crippen LogP contribution < -0.4 is 15.9 Å². The first-order valence-electron chi connectivity index (χ1n) is 23.3. The number of carbonyl (C=O) groups is 3. The minimum atomic E-state index is -0.936. The number of amides is 1. The normalized spacial score (nSPS) is 12.4. The largest absolute Gasteiger partial charge is 0.427 e. The molecule has 0 saturated heterocycles. The Kier molecular flexibility index (Phi) is 19.5. The molecule has 3 N–H and O–H groups in total. The molecule has 0 aliphatic carbocycles. The Bertz CT molecular complexity index is 2390. The predicted molar refractivity (Wildman–Crippen MR) is 256 cm³/mol. The van der Waals surface area contributed by atoms with Crippen LogP contribution >= 0.6 is 0 Å². The minimum Gasteiger partial charge on any atom is -0.427 e. The number of aldehydes is 1. The molecule has 348 valence electrons. The van der Waals surface area contributed by atoms with Gasteiger partial charge in [0.15, 0.2) is 5.76 Å². The summed E-state index contributed by atoms with van der Waals surface area (Å²) in [5.74, 6) is -0.132. The Hall–Kier alpha value is -6.12. The number of likely N-dealkylation sites (N-methyl/N-ethyl adjacent to an activating group) is 1. The molecule has 0 saturated carbocycles. The Labute approximate surface area is 388 Å². The first-order valence-corrected chi connectivity index (χ1v) is 23.3. The van der Waals surface area contributed by atoms with E-state index in [4.69, 9.17) is 15.0 Å². The van der Waals surface area contributed by atoms with Crippen molar-refractivity contribution in [3.63, 3.8) is 0 Å². The van der Waals surface area contributed by atoms with Crippen LogP contribution in [0.5, 0.6) is 5.75 Å². The highest BCUT2D eigenvalue weighted by atomic mass is 19.1. The van der Waals surface area contributed by atoms with Gasteiger partial charge in [0, 0.05) is 49.3 Å². The second-order valence-corrected chi connectivity index (χ2v) is 17.0. The maximum Gasteiger partial charge on any atom is 0.311 e. The molecule has 0 spiro atoms. The highest BCUT2D eigenvalue weighted by Gasteiger charge is 2.31. The summed E-state index contributed by atoms with van der Waals surface area (Å²) < 4.78 is 25.0. The van der Waals surface area contributed by atoms with Gasteiger partial charge in [-0.05, 0) is 85.1 Å². The summed E-state index contributed by atoms with van der Waals surface area (Å²) >= 11 is 0. The number of carbonyl (C=O) groups excluding carboxylic acids is 3. The van der Waals surface area contributed by atoms with Gasteiger partial charge in [-0.15, -0.1) is 0 Å². The smallest absolute Gasteiger partial charge is 0.311 e. The van der Waals surface area contributed by atoms with Crippen molar-refractivity contribution in [3.8, 4) is 17.0 Å². The van der Waals surface area contributed by atoms with Gasteiger partial charge in [0.05, 0.1) is 30.8 Å². The van der Waals surface area contributed by atoms with Gasteiger partial charge < -0.3 is 24.7 Å². The number of aromatic nitrogens is 2. The van der Waals surface area contributed by atoms with Gasteiger partial charge in [-0.25, -0.2) is 14.8 Å². The number of rotatable bonds is 28. The van der Waals surface area contributed by atoms with Crippen molar-refractivity contribution in [2.45, 2.75) is 109 Å². The van der Waals surface area contributed by atoms with Crippen LogP contribution in [0.4, 0.5) is 4.39 Å². The number of benzene rings is 4. The standard InChI is InChI=1S/C53H64FN7O5/c1-3-4-5-6-7-8-9-10-14-22-53(64)65-46-29-23-40(24-30-46)32-45(39-62)61(51(55)37-59(2)35-43-19-15-21-49-48(43)20-16-31-56-49)52(63)38-60(57-34-41-17-12-11-13-18-41)36-47-33-50(58-66-47)42-25-27-44(54)28-26-42/h11-13,15-21,23-31,33,39,45,51,57H,3-10,14,22,32,34-38,55H2,1-2H3/t45-,51?/m0/s1. The van der Waals surface area contributed by atoms with E-state index in [-0.39, 0.29) is 43.7 Å². The van der Waals surface area contributed by atoms with Crippen molar-refractivity contribution in [3.05, 3.63) is 150 Å². The van der Waals surface area contributed by atoms with E-state index < -0.39 is 12.2 Å². The number of ether oxygens (including phenoxy) is 1. The number of halogens is 1. The molecule has 13 heteroatoms. The zero-order valence-corrected chi connectivity index (χ0v) is 38.3. The fraction of sp³-hybridized carbons (Fsp3) is 0.377. The van der Waals surface area contributed by atoms with Gasteiger partial charge >= 0.3 is 5.97 Å². The van der Waals surface area contributed by atoms with E-state index in [0.29, 0.717) is 42.3 Å². The summed E-state index contributed by atoms with van der Waals surface area (Å²) in [5, 5.41) is 6.95. The molecule has 2 heterocycles. The first kappa shape index (κ1) is 49.3. The number of nitrogens with zero attached hydrogens (tertiary/aromatic N) is 5. The molecule has 0 aliphatic heterocycles. The number of hydrogen-bond acceptors (Lipinski definition) is 11. The van der Waals surface area contributed by atoms with E-state index in [1.54, 1.807) is 41.5 Å². The van der Waals surface area contributed by atoms with E-state index >= 15 is 0 Å². The van der Waals surface area contributed by atoms with E-state index in [2.05, 4.69) is 22.5 Å². The predicted octanol–water partition coefficient (Wildman–Crippen LogP) is 9.42. The van der Waals surface area contributed by atoms with Crippen LogP contribution in [-0.4, -0.2) is 75.5 Å². The van der Waals surface area contributed by atoms with E-state index in [1.807, 2.05) is 84.7 Å².